The van der Waals surface area contributed by atoms with Crippen LogP contribution >= 0.6 is 11.8 Å². The Morgan fingerprint density at radius 2 is 1.84 bits per heavy atom. The zero-order chi connectivity index (χ0) is 17.4. The largest absolute Gasteiger partial charge is 0.381 e. The minimum absolute atomic E-state index is 0.0695. The average molecular weight is 362 g/mol. The molecule has 0 bridgehead atoms. The zero-order valence-corrected chi connectivity index (χ0v) is 16.0. The Bertz CT molecular complexity index is 522. The van der Waals surface area contributed by atoms with Crippen molar-refractivity contribution in [2.24, 2.45) is 5.92 Å². The molecular formula is C21H31NO2S. The summed E-state index contributed by atoms with van der Waals surface area (Å²) in [6, 6.07) is 10.5. The van der Waals surface area contributed by atoms with Gasteiger partial charge in [0.05, 0.1) is 0 Å². The lowest BCUT2D eigenvalue weighted by Crippen LogP contribution is -2.44. The van der Waals surface area contributed by atoms with Crippen LogP contribution in [-0.4, -0.2) is 30.4 Å². The summed E-state index contributed by atoms with van der Waals surface area (Å²) in [5.41, 5.74) is 0. The Balaban J connectivity index is 1.49. The van der Waals surface area contributed by atoms with Crippen LogP contribution in [0, 0.1) is 5.92 Å². The summed E-state index contributed by atoms with van der Waals surface area (Å²) in [5.74, 6) is 1.00. The summed E-state index contributed by atoms with van der Waals surface area (Å²) in [6.07, 6.45) is 10.5. The van der Waals surface area contributed by atoms with Gasteiger partial charge in [-0.25, -0.2) is 0 Å². The van der Waals surface area contributed by atoms with Crippen LogP contribution in [-0.2, 0) is 9.53 Å². The number of benzene rings is 1. The number of carbonyl (C=O) groups excluding carboxylic acids is 1. The van der Waals surface area contributed by atoms with Gasteiger partial charge in [-0.15, -0.1) is 11.8 Å². The molecular weight excluding hydrogens is 330 g/mol. The molecule has 25 heavy (non-hydrogen) atoms. The Morgan fingerprint density at radius 3 is 2.56 bits per heavy atom. The molecule has 1 N–H and O–H groups in total. The molecule has 1 saturated carbocycles. The SMILES string of the molecule is O=C(CCC1CCCCC1)NCC1(Sc2ccccc2)CCOCC1. The third kappa shape index (κ3) is 6.03. The van der Waals surface area contributed by atoms with Crippen LogP contribution in [0.4, 0.5) is 0 Å². The minimum Gasteiger partial charge on any atom is -0.381 e. The molecule has 1 aliphatic carbocycles. The van der Waals surface area contributed by atoms with Crippen LogP contribution in [0.1, 0.15) is 57.8 Å². The van der Waals surface area contributed by atoms with E-state index in [1.165, 1.54) is 37.0 Å². The van der Waals surface area contributed by atoms with Crippen molar-refractivity contribution >= 4 is 17.7 Å². The fourth-order valence-electron chi connectivity index (χ4n) is 3.96. The first-order valence-corrected chi connectivity index (χ1v) is 10.7. The van der Waals surface area contributed by atoms with Gasteiger partial charge in [-0.2, -0.15) is 0 Å². The van der Waals surface area contributed by atoms with Crippen molar-refractivity contribution < 1.29 is 9.53 Å². The zero-order valence-electron chi connectivity index (χ0n) is 15.2. The van der Waals surface area contributed by atoms with Gasteiger partial charge in [-0.3, -0.25) is 4.79 Å². The van der Waals surface area contributed by atoms with Crippen LogP contribution in [0.5, 0.6) is 0 Å². The topological polar surface area (TPSA) is 38.3 Å². The molecule has 1 heterocycles. The molecule has 1 amide bonds. The van der Waals surface area contributed by atoms with Gasteiger partial charge in [0, 0.05) is 35.8 Å². The second-order valence-electron chi connectivity index (χ2n) is 7.53. The van der Waals surface area contributed by atoms with E-state index in [0.717, 1.165) is 44.9 Å². The van der Waals surface area contributed by atoms with Crippen molar-refractivity contribution in [2.75, 3.05) is 19.8 Å². The molecule has 1 aromatic rings. The van der Waals surface area contributed by atoms with Crippen molar-refractivity contribution in [2.45, 2.75) is 67.4 Å². The summed E-state index contributed by atoms with van der Waals surface area (Å²) in [4.78, 5) is 13.6. The normalized spacial score (nSPS) is 21.0. The van der Waals surface area contributed by atoms with E-state index in [1.807, 2.05) is 17.8 Å². The van der Waals surface area contributed by atoms with Gasteiger partial charge in [0.2, 0.25) is 5.91 Å². The quantitative estimate of drug-likeness (QED) is 0.758. The summed E-state index contributed by atoms with van der Waals surface area (Å²) in [6.45, 7) is 2.33. The van der Waals surface area contributed by atoms with Crippen LogP contribution in [0.15, 0.2) is 35.2 Å². The molecule has 1 saturated heterocycles. The van der Waals surface area contributed by atoms with Gasteiger partial charge in [0.25, 0.3) is 0 Å². The van der Waals surface area contributed by atoms with Crippen LogP contribution < -0.4 is 5.32 Å². The third-order valence-electron chi connectivity index (χ3n) is 5.59. The first-order valence-electron chi connectivity index (χ1n) is 9.84. The monoisotopic (exact) mass is 361 g/mol. The molecule has 1 aliphatic heterocycles. The van der Waals surface area contributed by atoms with Gasteiger partial charge in [0.1, 0.15) is 0 Å². The van der Waals surface area contributed by atoms with Crippen molar-refractivity contribution in [1.82, 2.24) is 5.32 Å². The molecule has 138 valence electrons. The average Bonchev–Trinajstić information content (AvgIpc) is 2.67. The van der Waals surface area contributed by atoms with E-state index in [-0.39, 0.29) is 10.7 Å². The van der Waals surface area contributed by atoms with Crippen LogP contribution in [0.3, 0.4) is 0 Å². The fourth-order valence-corrected chi connectivity index (χ4v) is 5.26. The second-order valence-corrected chi connectivity index (χ2v) is 9.07. The smallest absolute Gasteiger partial charge is 0.220 e. The minimum atomic E-state index is 0.0695. The number of amides is 1. The number of nitrogens with one attached hydrogen (secondary N) is 1. The molecule has 1 aromatic carbocycles. The van der Waals surface area contributed by atoms with E-state index in [4.69, 9.17) is 4.74 Å². The van der Waals surface area contributed by atoms with Gasteiger partial charge in [-0.05, 0) is 37.3 Å². The highest BCUT2D eigenvalue weighted by Crippen LogP contribution is 2.40. The maximum Gasteiger partial charge on any atom is 0.220 e. The summed E-state index contributed by atoms with van der Waals surface area (Å²) >= 11 is 1.91. The summed E-state index contributed by atoms with van der Waals surface area (Å²) in [7, 11) is 0. The maximum atomic E-state index is 12.4. The molecule has 4 heteroatoms. The third-order valence-corrected chi connectivity index (χ3v) is 7.09. The van der Waals surface area contributed by atoms with Crippen LogP contribution in [0.25, 0.3) is 0 Å². The number of rotatable bonds is 7. The van der Waals surface area contributed by atoms with E-state index in [1.54, 1.807) is 0 Å². The highest BCUT2D eigenvalue weighted by molar-refractivity contribution is 8.00. The lowest BCUT2D eigenvalue weighted by molar-refractivity contribution is -0.121. The lowest BCUT2D eigenvalue weighted by atomic mass is 9.86. The van der Waals surface area contributed by atoms with Gasteiger partial charge in [-0.1, -0.05) is 50.3 Å². The summed E-state index contributed by atoms with van der Waals surface area (Å²) < 4.78 is 5.64. The number of hydrogen-bond donors (Lipinski definition) is 1. The molecule has 0 aromatic heterocycles. The molecule has 3 nitrogen and oxygen atoms in total. The number of thioether (sulfide) groups is 1. The van der Waals surface area contributed by atoms with Crippen molar-refractivity contribution in [3.8, 4) is 0 Å². The molecule has 0 atom stereocenters. The Labute approximate surface area is 156 Å². The Kier molecular flexibility index (Phi) is 7.23. The van der Waals surface area contributed by atoms with Gasteiger partial charge < -0.3 is 10.1 Å². The predicted molar refractivity (Wildman–Crippen MR) is 104 cm³/mol. The van der Waals surface area contributed by atoms with E-state index in [9.17, 15) is 4.79 Å². The van der Waals surface area contributed by atoms with E-state index >= 15 is 0 Å². The maximum absolute atomic E-state index is 12.4. The highest BCUT2D eigenvalue weighted by Gasteiger charge is 2.34. The first-order chi connectivity index (χ1) is 12.3. The molecule has 2 aliphatic rings. The van der Waals surface area contributed by atoms with Crippen LogP contribution in [0.2, 0.25) is 0 Å². The van der Waals surface area contributed by atoms with Crippen molar-refractivity contribution in [3.63, 3.8) is 0 Å². The molecule has 0 unspecified atom stereocenters. The Morgan fingerprint density at radius 1 is 1.12 bits per heavy atom. The number of hydrogen-bond acceptors (Lipinski definition) is 3. The summed E-state index contributed by atoms with van der Waals surface area (Å²) in [5, 5.41) is 3.24. The molecule has 2 fully saturated rings. The van der Waals surface area contributed by atoms with E-state index < -0.39 is 0 Å². The lowest BCUT2D eigenvalue weighted by Gasteiger charge is -2.36. The van der Waals surface area contributed by atoms with Crippen molar-refractivity contribution in [1.29, 1.82) is 0 Å². The highest BCUT2D eigenvalue weighted by atomic mass is 32.2. The first kappa shape index (κ1) is 18.8. The number of carbonyl (C=O) groups is 1. The standard InChI is InChI=1S/C21H31NO2S/c23-20(12-11-18-7-3-1-4-8-18)22-17-21(13-15-24-16-14-21)25-19-9-5-2-6-10-19/h2,5-6,9-10,18H,1,3-4,7-8,11-17H2,(H,22,23). The van der Waals surface area contributed by atoms with Crippen molar-refractivity contribution in [3.05, 3.63) is 30.3 Å². The molecule has 0 radical (unpaired) electrons. The Hall–Kier alpha value is -1.00. The number of ether oxygens (including phenoxy) is 1. The van der Waals surface area contributed by atoms with Gasteiger partial charge >= 0.3 is 0 Å². The van der Waals surface area contributed by atoms with Gasteiger partial charge in [0.15, 0.2) is 0 Å². The molecule has 0 spiro atoms. The van der Waals surface area contributed by atoms with E-state index in [2.05, 4.69) is 29.6 Å². The molecule has 3 rings (SSSR count). The second kappa shape index (κ2) is 9.63. The fraction of sp³-hybridized carbons (Fsp3) is 0.667. The van der Waals surface area contributed by atoms with E-state index in [0.29, 0.717) is 6.42 Å². The predicted octanol–water partition coefficient (Wildman–Crippen LogP) is 4.80.